The van der Waals surface area contributed by atoms with Gasteiger partial charge >= 0.3 is 0 Å². The third-order valence-corrected chi connectivity index (χ3v) is 2.51. The van der Waals surface area contributed by atoms with Gasteiger partial charge in [-0.3, -0.25) is 0 Å². The van der Waals surface area contributed by atoms with Crippen molar-refractivity contribution < 1.29 is 5.11 Å². The molecule has 1 N–H and O–H groups in total. The second-order valence-electron chi connectivity index (χ2n) is 3.49. The highest BCUT2D eigenvalue weighted by Gasteiger charge is 2.06. The summed E-state index contributed by atoms with van der Waals surface area (Å²) in [6.07, 6.45) is 1.59. The van der Waals surface area contributed by atoms with Gasteiger partial charge in [0.05, 0.1) is 16.6 Å². The van der Waals surface area contributed by atoms with E-state index in [4.69, 9.17) is 11.6 Å². The molecule has 1 atom stereocenters. The van der Waals surface area contributed by atoms with E-state index >= 15 is 0 Å². The second-order valence-corrected chi connectivity index (χ2v) is 3.90. The van der Waals surface area contributed by atoms with Gasteiger partial charge in [-0.2, -0.15) is 0 Å². The molecule has 0 fully saturated rings. The lowest BCUT2D eigenvalue weighted by atomic mass is 10.2. The Kier molecular flexibility index (Phi) is 2.48. The van der Waals surface area contributed by atoms with Gasteiger partial charge in [0.15, 0.2) is 0 Å². The van der Waals surface area contributed by atoms with E-state index in [2.05, 4.69) is 0 Å². The van der Waals surface area contributed by atoms with Gasteiger partial charge in [-0.05, 0) is 19.1 Å². The molecule has 0 aliphatic carbocycles. The van der Waals surface area contributed by atoms with E-state index in [9.17, 15) is 5.11 Å². The molecule has 0 aliphatic heterocycles. The molecule has 0 bridgehead atoms. The first-order chi connectivity index (χ1) is 6.68. The van der Waals surface area contributed by atoms with Gasteiger partial charge in [0.25, 0.3) is 0 Å². The molecule has 0 aliphatic rings. The molecular formula is C11H12ClNO. The number of para-hydroxylation sites is 1. The number of hydrogen-bond donors (Lipinski definition) is 1. The van der Waals surface area contributed by atoms with Crippen molar-refractivity contribution in [2.75, 3.05) is 0 Å². The van der Waals surface area contributed by atoms with Crippen LogP contribution in [-0.4, -0.2) is 15.8 Å². The van der Waals surface area contributed by atoms with Crippen LogP contribution in [0.25, 0.3) is 10.9 Å². The highest BCUT2D eigenvalue weighted by atomic mass is 35.5. The highest BCUT2D eigenvalue weighted by molar-refractivity contribution is 6.35. The van der Waals surface area contributed by atoms with E-state index in [0.29, 0.717) is 6.54 Å². The van der Waals surface area contributed by atoms with Crippen molar-refractivity contribution >= 4 is 22.5 Å². The van der Waals surface area contributed by atoms with Crippen LogP contribution in [0.5, 0.6) is 0 Å². The first kappa shape index (κ1) is 9.56. The molecule has 74 valence electrons. The molecule has 3 heteroatoms. The fraction of sp³-hybridized carbons (Fsp3) is 0.273. The number of aromatic nitrogens is 1. The molecule has 1 aromatic heterocycles. The standard InChI is InChI=1S/C11H12ClNO/c1-8(14)7-13-6-5-9-3-2-4-10(12)11(9)13/h2-6,8,14H,7H2,1H3. The SMILES string of the molecule is CC(O)Cn1ccc2cccc(Cl)c21. The lowest BCUT2D eigenvalue weighted by Crippen LogP contribution is -2.10. The van der Waals surface area contributed by atoms with Gasteiger partial charge in [0.1, 0.15) is 0 Å². The molecule has 0 amide bonds. The fourth-order valence-corrected chi connectivity index (χ4v) is 1.94. The summed E-state index contributed by atoms with van der Waals surface area (Å²) in [5.74, 6) is 0. The van der Waals surface area contributed by atoms with Crippen molar-refractivity contribution in [2.24, 2.45) is 0 Å². The summed E-state index contributed by atoms with van der Waals surface area (Å²) < 4.78 is 1.97. The zero-order valence-electron chi connectivity index (χ0n) is 7.94. The van der Waals surface area contributed by atoms with Crippen molar-refractivity contribution in [3.8, 4) is 0 Å². The van der Waals surface area contributed by atoms with E-state index in [1.54, 1.807) is 6.92 Å². The lowest BCUT2D eigenvalue weighted by Gasteiger charge is -2.08. The number of nitrogens with zero attached hydrogens (tertiary/aromatic N) is 1. The zero-order chi connectivity index (χ0) is 10.1. The van der Waals surface area contributed by atoms with E-state index in [-0.39, 0.29) is 6.10 Å². The average Bonchev–Trinajstić information content (AvgIpc) is 2.49. The first-order valence-corrected chi connectivity index (χ1v) is 4.97. The third kappa shape index (κ3) is 1.63. The monoisotopic (exact) mass is 209 g/mol. The van der Waals surface area contributed by atoms with Crippen LogP contribution in [0, 0.1) is 0 Å². The lowest BCUT2D eigenvalue weighted by molar-refractivity contribution is 0.175. The van der Waals surface area contributed by atoms with Crippen molar-refractivity contribution in [1.29, 1.82) is 0 Å². The molecular weight excluding hydrogens is 198 g/mol. The number of hydrogen-bond acceptors (Lipinski definition) is 1. The van der Waals surface area contributed by atoms with Crippen LogP contribution in [0.1, 0.15) is 6.92 Å². The fourth-order valence-electron chi connectivity index (χ4n) is 1.65. The Bertz CT molecular complexity index is 447. The van der Waals surface area contributed by atoms with Crippen molar-refractivity contribution in [3.05, 3.63) is 35.5 Å². The minimum absolute atomic E-state index is 0.359. The smallest absolute Gasteiger partial charge is 0.0691 e. The summed E-state index contributed by atoms with van der Waals surface area (Å²) in [6.45, 7) is 2.34. The number of fused-ring (bicyclic) bond motifs is 1. The topological polar surface area (TPSA) is 25.2 Å². The summed E-state index contributed by atoms with van der Waals surface area (Å²) >= 11 is 6.08. The molecule has 0 radical (unpaired) electrons. The van der Waals surface area contributed by atoms with E-state index in [1.165, 1.54) is 0 Å². The Morgan fingerprint density at radius 1 is 1.43 bits per heavy atom. The maximum Gasteiger partial charge on any atom is 0.0691 e. The van der Waals surface area contributed by atoms with Gasteiger partial charge in [0.2, 0.25) is 0 Å². The van der Waals surface area contributed by atoms with Gasteiger partial charge in [0, 0.05) is 18.1 Å². The Morgan fingerprint density at radius 2 is 2.21 bits per heavy atom. The molecule has 14 heavy (non-hydrogen) atoms. The summed E-state index contributed by atoms with van der Waals surface area (Å²) in [5, 5.41) is 11.1. The third-order valence-electron chi connectivity index (χ3n) is 2.20. The van der Waals surface area contributed by atoms with Crippen LogP contribution in [0.2, 0.25) is 5.02 Å². The molecule has 0 spiro atoms. The van der Waals surface area contributed by atoms with Gasteiger partial charge < -0.3 is 9.67 Å². The highest BCUT2D eigenvalue weighted by Crippen LogP contribution is 2.24. The van der Waals surface area contributed by atoms with Gasteiger partial charge in [-0.1, -0.05) is 23.7 Å². The van der Waals surface area contributed by atoms with E-state index in [1.807, 2.05) is 35.0 Å². The predicted molar refractivity (Wildman–Crippen MR) is 58.6 cm³/mol. The second kappa shape index (κ2) is 3.64. The minimum Gasteiger partial charge on any atom is -0.392 e. The summed E-state index contributed by atoms with van der Waals surface area (Å²) in [7, 11) is 0. The summed E-state index contributed by atoms with van der Waals surface area (Å²) in [5.41, 5.74) is 0.995. The van der Waals surface area contributed by atoms with Crippen molar-refractivity contribution in [3.63, 3.8) is 0 Å². The molecule has 1 unspecified atom stereocenters. The average molecular weight is 210 g/mol. The van der Waals surface area contributed by atoms with Crippen LogP contribution >= 0.6 is 11.6 Å². The quantitative estimate of drug-likeness (QED) is 0.809. The zero-order valence-corrected chi connectivity index (χ0v) is 8.70. The number of aliphatic hydroxyl groups excluding tert-OH is 1. The number of benzene rings is 1. The van der Waals surface area contributed by atoms with Crippen molar-refractivity contribution in [1.82, 2.24) is 4.57 Å². The summed E-state index contributed by atoms with van der Waals surface area (Å²) in [6, 6.07) is 7.81. The number of aliphatic hydroxyl groups is 1. The Balaban J connectivity index is 2.55. The minimum atomic E-state index is -0.359. The molecule has 1 aromatic carbocycles. The van der Waals surface area contributed by atoms with Crippen LogP contribution in [0.3, 0.4) is 0 Å². The largest absolute Gasteiger partial charge is 0.392 e. The van der Waals surface area contributed by atoms with Crippen LogP contribution in [0.4, 0.5) is 0 Å². The molecule has 2 rings (SSSR count). The molecule has 1 heterocycles. The maximum absolute atomic E-state index is 9.31. The van der Waals surface area contributed by atoms with Crippen molar-refractivity contribution in [2.45, 2.75) is 19.6 Å². The Morgan fingerprint density at radius 3 is 2.93 bits per heavy atom. The van der Waals surface area contributed by atoms with Crippen LogP contribution in [-0.2, 0) is 6.54 Å². The Hall–Kier alpha value is -0.990. The Labute approximate surface area is 87.7 Å². The molecule has 0 saturated heterocycles. The van der Waals surface area contributed by atoms with Crippen LogP contribution < -0.4 is 0 Å². The summed E-state index contributed by atoms with van der Waals surface area (Å²) in [4.78, 5) is 0. The number of halogens is 1. The molecule has 2 aromatic rings. The molecule has 0 saturated carbocycles. The molecule has 2 nitrogen and oxygen atoms in total. The maximum atomic E-state index is 9.31. The van der Waals surface area contributed by atoms with Gasteiger partial charge in [-0.15, -0.1) is 0 Å². The van der Waals surface area contributed by atoms with Crippen LogP contribution in [0.15, 0.2) is 30.5 Å². The first-order valence-electron chi connectivity index (χ1n) is 4.60. The normalized spacial score (nSPS) is 13.4. The predicted octanol–water partition coefficient (Wildman–Crippen LogP) is 2.68. The number of rotatable bonds is 2. The van der Waals surface area contributed by atoms with Gasteiger partial charge in [-0.25, -0.2) is 0 Å². The van der Waals surface area contributed by atoms with E-state index in [0.717, 1.165) is 15.9 Å². The van der Waals surface area contributed by atoms with E-state index < -0.39 is 0 Å².